The molecule has 106 valence electrons. The van der Waals surface area contributed by atoms with Crippen molar-refractivity contribution in [3.05, 3.63) is 29.6 Å². The van der Waals surface area contributed by atoms with E-state index in [1.54, 1.807) is 5.32 Å². The Morgan fingerprint density at radius 3 is 1.95 bits per heavy atom. The molecule has 1 aromatic carbocycles. The number of nitrogens with one attached hydrogen (secondary N) is 1. The van der Waals surface area contributed by atoms with Crippen LogP contribution in [0, 0.1) is 17.5 Å². The van der Waals surface area contributed by atoms with Gasteiger partial charge in [0.15, 0.2) is 23.0 Å². The molecule has 0 aliphatic carbocycles. The molecule has 0 aliphatic rings. The molecular formula is C10H8F6N2O. The summed E-state index contributed by atoms with van der Waals surface area (Å²) < 4.78 is 75.5. The number of halogens is 6. The second-order valence-corrected chi connectivity index (χ2v) is 3.91. The van der Waals surface area contributed by atoms with Gasteiger partial charge in [0.25, 0.3) is 5.91 Å². The third kappa shape index (κ3) is 2.98. The number of alkyl halides is 3. The molecule has 0 saturated heterocycles. The Morgan fingerprint density at radius 2 is 1.58 bits per heavy atom. The highest BCUT2D eigenvalue weighted by Crippen LogP contribution is 2.29. The second kappa shape index (κ2) is 4.72. The van der Waals surface area contributed by atoms with Gasteiger partial charge in [0.1, 0.15) is 0 Å². The quantitative estimate of drug-likeness (QED) is 0.647. The monoisotopic (exact) mass is 286 g/mol. The van der Waals surface area contributed by atoms with E-state index in [1.165, 1.54) is 0 Å². The fourth-order valence-corrected chi connectivity index (χ4v) is 1.02. The van der Waals surface area contributed by atoms with Crippen LogP contribution in [-0.2, 0) is 4.79 Å². The summed E-state index contributed by atoms with van der Waals surface area (Å²) in [6, 6.07) is 0.672. The highest BCUT2D eigenvalue weighted by molar-refractivity contribution is 5.98. The van der Waals surface area contributed by atoms with Gasteiger partial charge in [-0.05, 0) is 6.92 Å². The molecule has 0 radical (unpaired) electrons. The molecule has 1 amide bonds. The topological polar surface area (TPSA) is 55.1 Å². The molecule has 1 atom stereocenters. The Bertz CT molecular complexity index is 488. The fraction of sp³-hybridized carbons (Fsp3) is 0.300. The van der Waals surface area contributed by atoms with Crippen LogP contribution in [0.4, 0.5) is 32.0 Å². The van der Waals surface area contributed by atoms with Crippen molar-refractivity contribution in [1.29, 1.82) is 0 Å². The molecule has 3 N–H and O–H groups in total. The van der Waals surface area contributed by atoms with Crippen LogP contribution in [0.25, 0.3) is 0 Å². The first-order valence-corrected chi connectivity index (χ1v) is 4.78. The van der Waals surface area contributed by atoms with Crippen molar-refractivity contribution in [3.8, 4) is 0 Å². The average molecular weight is 286 g/mol. The average Bonchev–Trinajstić information content (AvgIpc) is 2.24. The zero-order valence-electron chi connectivity index (χ0n) is 9.41. The number of rotatable bonds is 2. The van der Waals surface area contributed by atoms with E-state index < -0.39 is 40.8 Å². The number of benzene rings is 1. The van der Waals surface area contributed by atoms with Crippen molar-refractivity contribution in [3.63, 3.8) is 0 Å². The lowest BCUT2D eigenvalue weighted by atomic mass is 10.0. The van der Waals surface area contributed by atoms with E-state index in [4.69, 9.17) is 5.73 Å². The summed E-state index contributed by atoms with van der Waals surface area (Å²) in [5, 5.41) is 1.57. The molecule has 0 aliphatic heterocycles. The van der Waals surface area contributed by atoms with Gasteiger partial charge < -0.3 is 11.1 Å². The van der Waals surface area contributed by atoms with Crippen molar-refractivity contribution in [1.82, 2.24) is 0 Å². The van der Waals surface area contributed by atoms with Crippen LogP contribution >= 0.6 is 0 Å². The Hall–Kier alpha value is -1.77. The minimum absolute atomic E-state index is 0.336. The standard InChI is InChI=1S/C10H8F6N2O/c1-9(17,10(14,15)16)8(19)18-4-2-5(11)7(13)6(12)3-4/h2-3H,17H2,1H3,(H,18,19). The van der Waals surface area contributed by atoms with Gasteiger partial charge in [-0.1, -0.05) is 0 Å². The molecular weight excluding hydrogens is 278 g/mol. The number of nitrogens with two attached hydrogens (primary N) is 1. The van der Waals surface area contributed by atoms with Crippen molar-refractivity contribution in [2.24, 2.45) is 5.73 Å². The summed E-state index contributed by atoms with van der Waals surface area (Å²) in [4.78, 5) is 11.3. The van der Waals surface area contributed by atoms with Crippen LogP contribution < -0.4 is 11.1 Å². The maximum absolute atomic E-state index is 12.8. The predicted molar refractivity (Wildman–Crippen MR) is 53.6 cm³/mol. The van der Waals surface area contributed by atoms with Gasteiger partial charge in [0.2, 0.25) is 0 Å². The first kappa shape index (κ1) is 15.3. The van der Waals surface area contributed by atoms with Gasteiger partial charge in [-0.2, -0.15) is 13.2 Å². The summed E-state index contributed by atoms with van der Waals surface area (Å²) in [5.41, 5.74) is 0.859. The van der Waals surface area contributed by atoms with Gasteiger partial charge in [-0.25, -0.2) is 13.2 Å². The van der Waals surface area contributed by atoms with E-state index in [1.807, 2.05) is 0 Å². The smallest absolute Gasteiger partial charge is 0.324 e. The molecule has 9 heteroatoms. The SMILES string of the molecule is CC(N)(C(=O)Nc1cc(F)c(F)c(F)c1)C(F)(F)F. The molecule has 3 nitrogen and oxygen atoms in total. The minimum atomic E-state index is -5.06. The van der Waals surface area contributed by atoms with Gasteiger partial charge >= 0.3 is 6.18 Å². The number of carbonyl (C=O) groups excluding carboxylic acids is 1. The molecule has 0 heterocycles. The molecule has 0 bridgehead atoms. The molecule has 0 fully saturated rings. The predicted octanol–water partition coefficient (Wildman–Crippen LogP) is 2.32. The van der Waals surface area contributed by atoms with E-state index in [0.29, 0.717) is 19.1 Å². The van der Waals surface area contributed by atoms with E-state index >= 15 is 0 Å². The Kier molecular flexibility index (Phi) is 3.80. The van der Waals surface area contributed by atoms with Gasteiger partial charge in [0.05, 0.1) is 0 Å². The summed E-state index contributed by atoms with van der Waals surface area (Å²) in [7, 11) is 0. The first-order chi connectivity index (χ1) is 8.46. The van der Waals surface area contributed by atoms with E-state index in [2.05, 4.69) is 0 Å². The third-order valence-electron chi connectivity index (χ3n) is 2.30. The lowest BCUT2D eigenvalue weighted by molar-refractivity contribution is -0.184. The van der Waals surface area contributed by atoms with Crippen LogP contribution in [0.3, 0.4) is 0 Å². The number of anilines is 1. The van der Waals surface area contributed by atoms with E-state index in [0.717, 1.165) is 0 Å². The molecule has 0 aromatic heterocycles. The van der Waals surface area contributed by atoms with Crippen LogP contribution in [0.15, 0.2) is 12.1 Å². The molecule has 1 unspecified atom stereocenters. The molecule has 0 saturated carbocycles. The normalized spacial score (nSPS) is 14.9. The molecule has 1 rings (SSSR count). The Morgan fingerprint density at radius 1 is 1.16 bits per heavy atom. The highest BCUT2D eigenvalue weighted by atomic mass is 19.4. The largest absolute Gasteiger partial charge is 0.415 e. The summed E-state index contributed by atoms with van der Waals surface area (Å²) in [5.74, 6) is -6.84. The zero-order chi connectivity index (χ0) is 15.0. The fourth-order valence-electron chi connectivity index (χ4n) is 1.02. The lowest BCUT2D eigenvalue weighted by Crippen LogP contribution is -2.59. The maximum atomic E-state index is 12.8. The summed E-state index contributed by atoms with van der Waals surface area (Å²) in [6.07, 6.45) is -5.06. The van der Waals surface area contributed by atoms with Crippen LogP contribution in [0.2, 0.25) is 0 Å². The minimum Gasteiger partial charge on any atom is -0.324 e. The maximum Gasteiger partial charge on any atom is 0.415 e. The van der Waals surface area contributed by atoms with Crippen LogP contribution in [0.5, 0.6) is 0 Å². The first-order valence-electron chi connectivity index (χ1n) is 4.78. The third-order valence-corrected chi connectivity index (χ3v) is 2.30. The van der Waals surface area contributed by atoms with Crippen molar-refractivity contribution >= 4 is 11.6 Å². The van der Waals surface area contributed by atoms with Crippen molar-refractivity contribution in [2.45, 2.75) is 18.6 Å². The van der Waals surface area contributed by atoms with Crippen LogP contribution in [-0.4, -0.2) is 17.6 Å². The zero-order valence-corrected chi connectivity index (χ0v) is 9.41. The van der Waals surface area contributed by atoms with Gasteiger partial charge in [-0.15, -0.1) is 0 Å². The van der Waals surface area contributed by atoms with Crippen molar-refractivity contribution in [2.75, 3.05) is 5.32 Å². The highest BCUT2D eigenvalue weighted by Gasteiger charge is 2.54. The summed E-state index contributed by atoms with van der Waals surface area (Å²) in [6.45, 7) is 0.387. The Labute approximate surface area is 103 Å². The summed E-state index contributed by atoms with van der Waals surface area (Å²) >= 11 is 0. The van der Waals surface area contributed by atoms with E-state index in [9.17, 15) is 31.1 Å². The second-order valence-electron chi connectivity index (χ2n) is 3.91. The van der Waals surface area contributed by atoms with Crippen molar-refractivity contribution < 1.29 is 31.1 Å². The van der Waals surface area contributed by atoms with Crippen LogP contribution in [0.1, 0.15) is 6.92 Å². The Balaban J connectivity index is 3.02. The molecule has 1 aromatic rings. The number of amides is 1. The lowest BCUT2D eigenvalue weighted by Gasteiger charge is -2.26. The van der Waals surface area contributed by atoms with E-state index in [-0.39, 0.29) is 0 Å². The number of carbonyl (C=O) groups is 1. The molecule has 19 heavy (non-hydrogen) atoms. The number of hydrogen-bond donors (Lipinski definition) is 2. The van der Waals surface area contributed by atoms with Gasteiger partial charge in [0, 0.05) is 17.8 Å². The van der Waals surface area contributed by atoms with Gasteiger partial charge in [-0.3, -0.25) is 4.79 Å². The number of hydrogen-bond acceptors (Lipinski definition) is 2. The molecule has 0 spiro atoms.